The van der Waals surface area contributed by atoms with E-state index in [2.05, 4.69) is 17.4 Å². The maximum Gasteiger partial charge on any atom is 0.265 e. The summed E-state index contributed by atoms with van der Waals surface area (Å²) in [4.78, 5) is 12.6. The van der Waals surface area contributed by atoms with E-state index in [1.807, 2.05) is 19.1 Å². The lowest BCUT2D eigenvalue weighted by atomic mass is 10.0. The summed E-state index contributed by atoms with van der Waals surface area (Å²) >= 11 is 1.70. The summed E-state index contributed by atoms with van der Waals surface area (Å²) in [5.74, 6) is 0.678. The van der Waals surface area contributed by atoms with Gasteiger partial charge in [0.1, 0.15) is 12.4 Å². The first-order valence-electron chi connectivity index (χ1n) is 10.2. The molecule has 1 aliphatic rings. The third-order valence-corrected chi connectivity index (χ3v) is 8.03. The van der Waals surface area contributed by atoms with Gasteiger partial charge in [-0.2, -0.15) is 11.8 Å². The normalized spacial score (nSPS) is 13.9. The lowest BCUT2D eigenvalue weighted by Gasteiger charge is -2.31. The number of fused-ring (bicyclic) bond motifs is 3. The highest BCUT2D eigenvalue weighted by Gasteiger charge is 2.35. The second-order valence-corrected chi connectivity index (χ2v) is 10.5. The van der Waals surface area contributed by atoms with E-state index in [-0.39, 0.29) is 11.4 Å². The van der Waals surface area contributed by atoms with Gasteiger partial charge in [0.05, 0.1) is 10.6 Å². The number of nitrogens with one attached hydrogen (secondary N) is 1. The van der Waals surface area contributed by atoms with Crippen LogP contribution >= 0.6 is 11.8 Å². The zero-order valence-corrected chi connectivity index (χ0v) is 19.2. The van der Waals surface area contributed by atoms with Gasteiger partial charge in [-0.1, -0.05) is 48.0 Å². The summed E-state index contributed by atoms with van der Waals surface area (Å²) in [7, 11) is -3.93. The maximum atomic E-state index is 13.9. The average molecular weight is 471 g/mol. The first-order valence-corrected chi connectivity index (χ1v) is 12.8. The molecule has 1 amide bonds. The fraction of sp³-hybridized carbons (Fsp3) is 0.208. The number of nitrogens with zero attached hydrogens (tertiary/aromatic N) is 1. The standard InChI is InChI=1S/C24H23FN2O3S2/c1-17-5-4-6-18(13-17)16-31-12-11-26-24(28)15-27-22-10-9-19(25)14-21(22)20-7-2-3-8-23(20)32(27,29)30/h2-10,13-14H,11-12,15-16H2,1H3,(H,26,28). The van der Waals surface area contributed by atoms with Crippen molar-refractivity contribution in [2.75, 3.05) is 23.1 Å². The van der Waals surface area contributed by atoms with Crippen LogP contribution in [0.4, 0.5) is 10.1 Å². The second kappa shape index (κ2) is 9.34. The van der Waals surface area contributed by atoms with Crippen molar-refractivity contribution >= 4 is 33.4 Å². The van der Waals surface area contributed by atoms with Crippen LogP contribution in [0.3, 0.4) is 0 Å². The van der Waals surface area contributed by atoms with Gasteiger partial charge >= 0.3 is 0 Å². The number of hydrogen-bond donors (Lipinski definition) is 1. The number of halogens is 1. The molecule has 8 heteroatoms. The van der Waals surface area contributed by atoms with Crippen LogP contribution in [0.25, 0.3) is 11.1 Å². The highest BCUT2D eigenvalue weighted by molar-refractivity contribution is 7.98. The number of rotatable bonds is 7. The van der Waals surface area contributed by atoms with E-state index in [1.54, 1.807) is 30.0 Å². The molecule has 4 rings (SSSR count). The highest BCUT2D eigenvalue weighted by Crippen LogP contribution is 2.42. The van der Waals surface area contributed by atoms with Gasteiger partial charge in [-0.15, -0.1) is 0 Å². The van der Waals surface area contributed by atoms with Gasteiger partial charge in [-0.3, -0.25) is 9.10 Å². The summed E-state index contributed by atoms with van der Waals surface area (Å²) in [6, 6.07) is 18.6. The van der Waals surface area contributed by atoms with Crippen molar-refractivity contribution in [3.8, 4) is 11.1 Å². The molecule has 0 saturated heterocycles. The smallest absolute Gasteiger partial charge is 0.265 e. The largest absolute Gasteiger partial charge is 0.354 e. The minimum Gasteiger partial charge on any atom is -0.354 e. The summed E-state index contributed by atoms with van der Waals surface area (Å²) in [6.07, 6.45) is 0. The molecule has 1 aliphatic heterocycles. The molecule has 0 aliphatic carbocycles. The molecule has 1 heterocycles. The molecule has 0 radical (unpaired) electrons. The molecule has 166 valence electrons. The van der Waals surface area contributed by atoms with E-state index in [1.165, 1.54) is 35.4 Å². The molecule has 0 saturated carbocycles. The van der Waals surface area contributed by atoms with Gasteiger partial charge in [-0.05, 0) is 36.8 Å². The van der Waals surface area contributed by atoms with Crippen molar-refractivity contribution in [2.24, 2.45) is 0 Å². The van der Waals surface area contributed by atoms with Crippen LogP contribution in [0.5, 0.6) is 0 Å². The van der Waals surface area contributed by atoms with Crippen molar-refractivity contribution in [1.82, 2.24) is 5.32 Å². The van der Waals surface area contributed by atoms with E-state index in [9.17, 15) is 17.6 Å². The molecule has 32 heavy (non-hydrogen) atoms. The predicted molar refractivity (Wildman–Crippen MR) is 127 cm³/mol. The van der Waals surface area contributed by atoms with Gasteiger partial charge in [0.25, 0.3) is 10.0 Å². The number of sulfonamides is 1. The number of aryl methyl sites for hydroxylation is 1. The zero-order chi connectivity index (χ0) is 22.7. The van der Waals surface area contributed by atoms with Crippen LogP contribution in [0.1, 0.15) is 11.1 Å². The number of carbonyl (C=O) groups excluding carboxylic acids is 1. The van der Waals surface area contributed by atoms with Crippen LogP contribution in [0.15, 0.2) is 71.6 Å². The summed E-state index contributed by atoms with van der Waals surface area (Å²) in [5.41, 5.74) is 3.63. The minimum atomic E-state index is -3.93. The third-order valence-electron chi connectivity index (χ3n) is 5.18. The first kappa shape index (κ1) is 22.4. The van der Waals surface area contributed by atoms with Gasteiger partial charge in [0, 0.05) is 29.2 Å². The number of hydrogen-bond acceptors (Lipinski definition) is 4. The molecule has 3 aromatic rings. The Labute approximate surface area is 191 Å². The Kier molecular flexibility index (Phi) is 6.53. The molecule has 0 spiro atoms. The fourth-order valence-electron chi connectivity index (χ4n) is 3.71. The SMILES string of the molecule is Cc1cccc(CSCCNC(=O)CN2c3ccc(F)cc3-c3ccccc3S2(=O)=O)c1. The lowest BCUT2D eigenvalue weighted by Crippen LogP contribution is -2.43. The van der Waals surface area contributed by atoms with E-state index < -0.39 is 21.7 Å². The van der Waals surface area contributed by atoms with Crippen molar-refractivity contribution in [3.05, 3.63) is 83.7 Å². The van der Waals surface area contributed by atoms with E-state index >= 15 is 0 Å². The second-order valence-electron chi connectivity index (χ2n) is 7.56. The van der Waals surface area contributed by atoms with E-state index in [0.29, 0.717) is 29.1 Å². The minimum absolute atomic E-state index is 0.0691. The van der Waals surface area contributed by atoms with Crippen molar-refractivity contribution in [2.45, 2.75) is 17.6 Å². The Bertz CT molecular complexity index is 1260. The van der Waals surface area contributed by atoms with Gasteiger partial charge in [0.2, 0.25) is 5.91 Å². The van der Waals surface area contributed by atoms with Crippen molar-refractivity contribution in [3.63, 3.8) is 0 Å². The number of thioether (sulfide) groups is 1. The Morgan fingerprint density at radius 3 is 2.66 bits per heavy atom. The highest BCUT2D eigenvalue weighted by atomic mass is 32.2. The third kappa shape index (κ3) is 4.66. The summed E-state index contributed by atoms with van der Waals surface area (Å²) < 4.78 is 41.4. The van der Waals surface area contributed by atoms with Crippen molar-refractivity contribution < 1.29 is 17.6 Å². The predicted octanol–water partition coefficient (Wildman–Crippen LogP) is 4.36. The number of amides is 1. The van der Waals surface area contributed by atoms with Crippen LogP contribution in [-0.2, 0) is 20.6 Å². The van der Waals surface area contributed by atoms with Crippen LogP contribution in [0.2, 0.25) is 0 Å². The lowest BCUT2D eigenvalue weighted by molar-refractivity contribution is -0.119. The molecule has 0 atom stereocenters. The zero-order valence-electron chi connectivity index (χ0n) is 17.5. The molecule has 0 aromatic heterocycles. The average Bonchev–Trinajstić information content (AvgIpc) is 2.77. The number of benzene rings is 3. The Balaban J connectivity index is 1.42. The topological polar surface area (TPSA) is 66.5 Å². The van der Waals surface area contributed by atoms with Crippen molar-refractivity contribution in [1.29, 1.82) is 0 Å². The van der Waals surface area contributed by atoms with Gasteiger partial charge in [0.15, 0.2) is 0 Å². The van der Waals surface area contributed by atoms with Crippen LogP contribution < -0.4 is 9.62 Å². The molecule has 0 unspecified atom stereocenters. The monoisotopic (exact) mass is 470 g/mol. The van der Waals surface area contributed by atoms with Gasteiger partial charge < -0.3 is 5.32 Å². The summed E-state index contributed by atoms with van der Waals surface area (Å²) in [6.45, 7) is 2.11. The quantitative estimate of drug-likeness (QED) is 0.521. The molecule has 0 fully saturated rings. The van der Waals surface area contributed by atoms with Gasteiger partial charge in [-0.25, -0.2) is 12.8 Å². The molecule has 5 nitrogen and oxygen atoms in total. The molecule has 3 aromatic carbocycles. The Morgan fingerprint density at radius 2 is 1.84 bits per heavy atom. The van der Waals surface area contributed by atoms with E-state index in [0.717, 1.165) is 10.1 Å². The van der Waals surface area contributed by atoms with Crippen LogP contribution in [0, 0.1) is 12.7 Å². The molecular formula is C24H23FN2O3S2. The summed E-state index contributed by atoms with van der Waals surface area (Å²) in [5, 5.41) is 2.79. The fourth-order valence-corrected chi connectivity index (χ4v) is 6.17. The molecular weight excluding hydrogens is 447 g/mol. The first-order chi connectivity index (χ1) is 15.4. The number of carbonyl (C=O) groups is 1. The Hall–Kier alpha value is -2.84. The van der Waals surface area contributed by atoms with E-state index in [4.69, 9.17) is 0 Å². The molecule has 0 bridgehead atoms. The number of anilines is 1. The van der Waals surface area contributed by atoms with Crippen LogP contribution in [-0.4, -0.2) is 33.2 Å². The molecule has 1 N–H and O–H groups in total. The maximum absolute atomic E-state index is 13.9. The Morgan fingerprint density at radius 1 is 1.03 bits per heavy atom.